The number of carbonyl (C=O) groups is 2. The molecule has 0 aliphatic rings. The lowest BCUT2D eigenvalue weighted by atomic mass is 10.2. The zero-order valence-corrected chi connectivity index (χ0v) is 14.1. The van der Waals surface area contributed by atoms with Crippen molar-refractivity contribution in [1.82, 2.24) is 0 Å². The molecule has 138 valence electrons. The normalized spacial score (nSPS) is 11.6. The molecule has 26 heavy (non-hydrogen) atoms. The lowest BCUT2D eigenvalue weighted by molar-refractivity contribution is -0.155. The van der Waals surface area contributed by atoms with Gasteiger partial charge >= 0.3 is 5.97 Å². The molecule has 1 atom stereocenters. The largest absolute Gasteiger partial charge is 0.480 e. The van der Waals surface area contributed by atoms with Crippen LogP contribution in [0, 0.1) is 17.5 Å². The second-order valence-corrected chi connectivity index (χ2v) is 5.52. The highest BCUT2D eigenvalue weighted by Gasteiger charge is 2.20. The molecule has 0 aliphatic heterocycles. The van der Waals surface area contributed by atoms with Crippen LogP contribution in [-0.2, 0) is 14.3 Å². The fourth-order valence-corrected chi connectivity index (χ4v) is 2.06. The first kappa shape index (κ1) is 19.6. The molecular formula is C17H13ClF3NO4. The fourth-order valence-electron chi connectivity index (χ4n) is 1.84. The minimum absolute atomic E-state index is 0.0321. The first-order valence-electron chi connectivity index (χ1n) is 7.29. The van der Waals surface area contributed by atoms with E-state index in [-0.39, 0.29) is 16.5 Å². The van der Waals surface area contributed by atoms with Crippen molar-refractivity contribution in [2.75, 3.05) is 11.9 Å². The third-order valence-electron chi connectivity index (χ3n) is 3.11. The van der Waals surface area contributed by atoms with Crippen LogP contribution < -0.4 is 10.1 Å². The summed E-state index contributed by atoms with van der Waals surface area (Å²) in [5.74, 6) is -3.97. The van der Waals surface area contributed by atoms with E-state index >= 15 is 0 Å². The third kappa shape index (κ3) is 5.38. The Bertz CT molecular complexity index is 832. The van der Waals surface area contributed by atoms with E-state index in [0.717, 1.165) is 24.3 Å². The Labute approximate surface area is 151 Å². The Morgan fingerprint density at radius 1 is 1.12 bits per heavy atom. The van der Waals surface area contributed by atoms with Crippen LogP contribution in [0.4, 0.5) is 18.9 Å². The number of hydrogen-bond acceptors (Lipinski definition) is 4. The molecule has 0 aromatic heterocycles. The average molecular weight is 388 g/mol. The van der Waals surface area contributed by atoms with E-state index in [1.54, 1.807) is 0 Å². The van der Waals surface area contributed by atoms with E-state index in [1.165, 1.54) is 13.0 Å². The van der Waals surface area contributed by atoms with Crippen molar-refractivity contribution >= 4 is 29.2 Å². The van der Waals surface area contributed by atoms with Crippen molar-refractivity contribution in [3.63, 3.8) is 0 Å². The molecule has 0 saturated carbocycles. The highest BCUT2D eigenvalue weighted by Crippen LogP contribution is 2.24. The third-order valence-corrected chi connectivity index (χ3v) is 3.40. The van der Waals surface area contributed by atoms with Gasteiger partial charge < -0.3 is 14.8 Å². The predicted octanol–water partition coefficient (Wildman–Crippen LogP) is 3.71. The summed E-state index contributed by atoms with van der Waals surface area (Å²) in [6.45, 7) is 0.688. The summed E-state index contributed by atoms with van der Waals surface area (Å²) in [4.78, 5) is 23.6. The molecule has 0 bridgehead atoms. The summed E-state index contributed by atoms with van der Waals surface area (Å²) in [7, 11) is 0. The molecule has 9 heteroatoms. The Hall–Kier alpha value is -2.74. The summed E-state index contributed by atoms with van der Waals surface area (Å²) in [6, 6.07) is 5.95. The van der Waals surface area contributed by atoms with Gasteiger partial charge in [0.25, 0.3) is 5.91 Å². The highest BCUT2D eigenvalue weighted by atomic mass is 35.5. The quantitative estimate of drug-likeness (QED) is 0.767. The number of amides is 1. The standard InChI is InChI=1S/C17H13ClF3NO4/c1-9(17(24)22-14-4-2-11(20)7-13(14)21)26-16(23)8-25-15-5-3-10(19)6-12(15)18/h2-7,9H,8H2,1H3,(H,22,24)/t9-/m1/s1. The van der Waals surface area contributed by atoms with Crippen molar-refractivity contribution < 1.29 is 32.2 Å². The number of ether oxygens (including phenoxy) is 2. The number of anilines is 1. The minimum atomic E-state index is -1.26. The Morgan fingerprint density at radius 2 is 1.77 bits per heavy atom. The Kier molecular flexibility index (Phi) is 6.46. The molecule has 0 heterocycles. The van der Waals surface area contributed by atoms with E-state index in [4.69, 9.17) is 21.1 Å². The van der Waals surface area contributed by atoms with Crippen molar-refractivity contribution in [3.05, 3.63) is 58.9 Å². The second-order valence-electron chi connectivity index (χ2n) is 5.11. The SMILES string of the molecule is C[C@@H](OC(=O)COc1ccc(F)cc1Cl)C(=O)Nc1ccc(F)cc1F. The van der Waals surface area contributed by atoms with Gasteiger partial charge in [0, 0.05) is 6.07 Å². The molecule has 2 aromatic rings. The second kappa shape index (κ2) is 8.57. The van der Waals surface area contributed by atoms with E-state index in [2.05, 4.69) is 5.32 Å². The van der Waals surface area contributed by atoms with Crippen molar-refractivity contribution in [1.29, 1.82) is 0 Å². The summed E-state index contributed by atoms with van der Waals surface area (Å²) >= 11 is 5.74. The summed E-state index contributed by atoms with van der Waals surface area (Å²) < 4.78 is 49.1. The van der Waals surface area contributed by atoms with E-state index in [1.807, 2.05) is 0 Å². The van der Waals surface area contributed by atoms with Gasteiger partial charge in [-0.05, 0) is 37.3 Å². The van der Waals surface area contributed by atoms with E-state index in [9.17, 15) is 22.8 Å². The van der Waals surface area contributed by atoms with Crippen LogP contribution >= 0.6 is 11.6 Å². The lowest BCUT2D eigenvalue weighted by Gasteiger charge is -2.14. The van der Waals surface area contributed by atoms with Gasteiger partial charge in [0.05, 0.1) is 10.7 Å². The van der Waals surface area contributed by atoms with Gasteiger partial charge in [-0.1, -0.05) is 11.6 Å². The van der Waals surface area contributed by atoms with Gasteiger partial charge in [-0.3, -0.25) is 4.79 Å². The van der Waals surface area contributed by atoms with Gasteiger partial charge in [-0.25, -0.2) is 18.0 Å². The van der Waals surface area contributed by atoms with Crippen LogP contribution in [0.3, 0.4) is 0 Å². The Balaban J connectivity index is 1.86. The van der Waals surface area contributed by atoms with Crippen LogP contribution in [0.15, 0.2) is 36.4 Å². The number of nitrogens with one attached hydrogen (secondary N) is 1. The monoisotopic (exact) mass is 387 g/mol. The van der Waals surface area contributed by atoms with Crippen LogP contribution in [-0.4, -0.2) is 24.6 Å². The van der Waals surface area contributed by atoms with Crippen molar-refractivity contribution in [3.8, 4) is 5.75 Å². The van der Waals surface area contributed by atoms with Gasteiger partial charge in [0.1, 0.15) is 23.2 Å². The number of halogens is 4. The molecule has 0 unspecified atom stereocenters. The van der Waals surface area contributed by atoms with E-state index < -0.39 is 42.0 Å². The molecular weight excluding hydrogens is 375 g/mol. The summed E-state index contributed by atoms with van der Waals surface area (Å²) in [6.07, 6.45) is -1.26. The highest BCUT2D eigenvalue weighted by molar-refractivity contribution is 6.32. The zero-order valence-electron chi connectivity index (χ0n) is 13.4. The molecule has 2 rings (SSSR count). The first-order valence-corrected chi connectivity index (χ1v) is 7.67. The number of esters is 1. The fraction of sp³-hybridized carbons (Fsp3) is 0.176. The molecule has 0 saturated heterocycles. The topological polar surface area (TPSA) is 64.6 Å². The van der Waals surface area contributed by atoms with E-state index in [0.29, 0.717) is 6.07 Å². The number of hydrogen-bond donors (Lipinski definition) is 1. The van der Waals surface area contributed by atoms with Gasteiger partial charge in [-0.15, -0.1) is 0 Å². The van der Waals surface area contributed by atoms with Gasteiger partial charge in [0.15, 0.2) is 12.7 Å². The summed E-state index contributed by atoms with van der Waals surface area (Å²) in [5.41, 5.74) is -0.256. The van der Waals surface area contributed by atoms with Crippen molar-refractivity contribution in [2.24, 2.45) is 0 Å². The van der Waals surface area contributed by atoms with Crippen LogP contribution in [0.2, 0.25) is 5.02 Å². The number of benzene rings is 2. The van der Waals surface area contributed by atoms with Crippen LogP contribution in [0.1, 0.15) is 6.92 Å². The molecule has 0 spiro atoms. The van der Waals surface area contributed by atoms with Gasteiger partial charge in [0.2, 0.25) is 0 Å². The number of rotatable bonds is 6. The minimum Gasteiger partial charge on any atom is -0.480 e. The molecule has 0 radical (unpaired) electrons. The molecule has 2 aromatic carbocycles. The molecule has 1 N–H and O–H groups in total. The zero-order chi connectivity index (χ0) is 19.3. The Morgan fingerprint density at radius 3 is 2.42 bits per heavy atom. The molecule has 1 amide bonds. The van der Waals surface area contributed by atoms with Crippen molar-refractivity contribution in [2.45, 2.75) is 13.0 Å². The first-order chi connectivity index (χ1) is 12.3. The molecule has 0 fully saturated rings. The molecule has 5 nitrogen and oxygen atoms in total. The predicted molar refractivity (Wildman–Crippen MR) is 87.4 cm³/mol. The maximum atomic E-state index is 13.5. The van der Waals surface area contributed by atoms with Crippen LogP contribution in [0.25, 0.3) is 0 Å². The lowest BCUT2D eigenvalue weighted by Crippen LogP contribution is -2.32. The maximum absolute atomic E-state index is 13.5. The summed E-state index contributed by atoms with van der Waals surface area (Å²) in [5, 5.41) is 2.14. The molecule has 0 aliphatic carbocycles. The maximum Gasteiger partial charge on any atom is 0.344 e. The van der Waals surface area contributed by atoms with Gasteiger partial charge in [-0.2, -0.15) is 0 Å². The average Bonchev–Trinajstić information content (AvgIpc) is 2.56. The smallest absolute Gasteiger partial charge is 0.344 e. The van der Waals surface area contributed by atoms with Crippen LogP contribution in [0.5, 0.6) is 5.75 Å². The number of carbonyl (C=O) groups excluding carboxylic acids is 2.